The van der Waals surface area contributed by atoms with Crippen LogP contribution in [0.5, 0.6) is 0 Å². The molecule has 1 amide bonds. The van der Waals surface area contributed by atoms with Crippen molar-refractivity contribution in [3.05, 3.63) is 35.9 Å². The molecule has 0 heterocycles. The second-order valence-corrected chi connectivity index (χ2v) is 4.56. The third kappa shape index (κ3) is 4.08. The predicted molar refractivity (Wildman–Crippen MR) is 73.3 cm³/mol. The van der Waals surface area contributed by atoms with Crippen LogP contribution in [0.15, 0.2) is 30.3 Å². The standard InChI is InChI=1S/C15H20N2O2/c1-12(2)17(11-7-10-16)15(18)14(19-3)13-8-5-4-6-9-13/h4-6,8-9,12,14H,7,11H2,1-3H3. The minimum absolute atomic E-state index is 0.0437. The van der Waals surface area contributed by atoms with Gasteiger partial charge in [-0.3, -0.25) is 4.79 Å². The fraction of sp³-hybridized carbons (Fsp3) is 0.467. The number of hydrogen-bond acceptors (Lipinski definition) is 3. The Labute approximate surface area is 114 Å². The van der Waals surface area contributed by atoms with Gasteiger partial charge in [0.15, 0.2) is 6.10 Å². The Hall–Kier alpha value is -1.86. The first-order valence-corrected chi connectivity index (χ1v) is 6.37. The lowest BCUT2D eigenvalue weighted by atomic mass is 10.1. The lowest BCUT2D eigenvalue weighted by Gasteiger charge is -2.29. The Bertz CT molecular complexity index is 437. The highest BCUT2D eigenvalue weighted by Gasteiger charge is 2.26. The second kappa shape index (κ2) is 7.55. The molecule has 0 aliphatic heterocycles. The highest BCUT2D eigenvalue weighted by atomic mass is 16.5. The van der Waals surface area contributed by atoms with Gasteiger partial charge in [-0.1, -0.05) is 30.3 Å². The molecular formula is C15H20N2O2. The van der Waals surface area contributed by atoms with Gasteiger partial charge in [0.1, 0.15) is 0 Å². The van der Waals surface area contributed by atoms with Crippen molar-refractivity contribution in [2.45, 2.75) is 32.4 Å². The summed E-state index contributed by atoms with van der Waals surface area (Å²) in [5.41, 5.74) is 0.831. The summed E-state index contributed by atoms with van der Waals surface area (Å²) in [4.78, 5) is 14.2. The number of rotatable bonds is 6. The Kier molecular flexibility index (Phi) is 6.04. The van der Waals surface area contributed by atoms with Crippen molar-refractivity contribution in [1.82, 2.24) is 4.90 Å². The molecule has 4 nitrogen and oxygen atoms in total. The highest BCUT2D eigenvalue weighted by molar-refractivity contribution is 5.82. The van der Waals surface area contributed by atoms with Crippen molar-refractivity contribution in [3.63, 3.8) is 0 Å². The topological polar surface area (TPSA) is 53.3 Å². The van der Waals surface area contributed by atoms with E-state index in [0.29, 0.717) is 13.0 Å². The summed E-state index contributed by atoms with van der Waals surface area (Å²) in [7, 11) is 1.53. The molecular weight excluding hydrogens is 240 g/mol. The SMILES string of the molecule is COC(C(=O)N(CCC#N)C(C)C)c1ccccc1. The minimum Gasteiger partial charge on any atom is -0.367 e. The Morgan fingerprint density at radius 2 is 2.00 bits per heavy atom. The first-order chi connectivity index (χ1) is 9.11. The number of hydrogen-bond donors (Lipinski definition) is 0. The van der Waals surface area contributed by atoms with Gasteiger partial charge in [0, 0.05) is 19.7 Å². The largest absolute Gasteiger partial charge is 0.367 e. The van der Waals surface area contributed by atoms with E-state index in [1.807, 2.05) is 44.2 Å². The number of nitrogens with zero attached hydrogens (tertiary/aromatic N) is 2. The molecule has 0 aromatic heterocycles. The van der Waals surface area contributed by atoms with E-state index < -0.39 is 6.10 Å². The number of carbonyl (C=O) groups is 1. The van der Waals surface area contributed by atoms with Crippen LogP contribution in [0.2, 0.25) is 0 Å². The van der Waals surface area contributed by atoms with Crippen molar-refractivity contribution in [2.24, 2.45) is 0 Å². The molecule has 0 saturated carbocycles. The van der Waals surface area contributed by atoms with E-state index in [1.165, 1.54) is 7.11 Å². The number of methoxy groups -OCH3 is 1. The van der Waals surface area contributed by atoms with Crippen LogP contribution in [0.4, 0.5) is 0 Å². The molecule has 102 valence electrons. The number of amides is 1. The Balaban J connectivity index is 2.90. The van der Waals surface area contributed by atoms with Gasteiger partial charge in [-0.15, -0.1) is 0 Å². The molecule has 1 aromatic carbocycles. The maximum absolute atomic E-state index is 12.5. The van der Waals surface area contributed by atoms with E-state index in [-0.39, 0.29) is 11.9 Å². The zero-order valence-electron chi connectivity index (χ0n) is 11.7. The van der Waals surface area contributed by atoms with Gasteiger partial charge in [0.05, 0.1) is 12.5 Å². The molecule has 19 heavy (non-hydrogen) atoms. The van der Waals surface area contributed by atoms with Gasteiger partial charge in [-0.05, 0) is 19.4 Å². The van der Waals surface area contributed by atoms with E-state index in [1.54, 1.807) is 4.90 Å². The third-order valence-corrected chi connectivity index (χ3v) is 2.93. The van der Waals surface area contributed by atoms with Gasteiger partial charge >= 0.3 is 0 Å². The van der Waals surface area contributed by atoms with E-state index >= 15 is 0 Å². The Morgan fingerprint density at radius 1 is 1.37 bits per heavy atom. The number of ether oxygens (including phenoxy) is 1. The molecule has 0 radical (unpaired) electrons. The van der Waals surface area contributed by atoms with Crippen molar-refractivity contribution < 1.29 is 9.53 Å². The number of carbonyl (C=O) groups excluding carboxylic acids is 1. The van der Waals surface area contributed by atoms with E-state index in [2.05, 4.69) is 6.07 Å². The molecule has 4 heteroatoms. The monoisotopic (exact) mass is 260 g/mol. The van der Waals surface area contributed by atoms with Crippen molar-refractivity contribution in [1.29, 1.82) is 5.26 Å². The van der Waals surface area contributed by atoms with Crippen LogP contribution < -0.4 is 0 Å². The van der Waals surface area contributed by atoms with Crippen LogP contribution in [0.25, 0.3) is 0 Å². The maximum atomic E-state index is 12.5. The Morgan fingerprint density at radius 3 is 2.47 bits per heavy atom. The molecule has 1 aromatic rings. The summed E-state index contributed by atoms with van der Waals surface area (Å²) in [6.07, 6.45) is -0.280. The third-order valence-electron chi connectivity index (χ3n) is 2.93. The van der Waals surface area contributed by atoms with Crippen molar-refractivity contribution in [2.75, 3.05) is 13.7 Å². The molecule has 0 bridgehead atoms. The van der Waals surface area contributed by atoms with Crippen LogP contribution in [-0.2, 0) is 9.53 Å². The van der Waals surface area contributed by atoms with Crippen LogP contribution in [-0.4, -0.2) is 30.5 Å². The molecule has 0 aliphatic carbocycles. The lowest BCUT2D eigenvalue weighted by Crippen LogP contribution is -2.41. The summed E-state index contributed by atoms with van der Waals surface area (Å²) in [6, 6.07) is 11.5. The van der Waals surface area contributed by atoms with Gasteiger partial charge < -0.3 is 9.64 Å². The average Bonchev–Trinajstić information content (AvgIpc) is 2.41. The normalized spacial score (nSPS) is 11.9. The average molecular weight is 260 g/mol. The van der Waals surface area contributed by atoms with Crippen LogP contribution >= 0.6 is 0 Å². The summed E-state index contributed by atoms with van der Waals surface area (Å²) in [5, 5.41) is 8.67. The molecule has 0 N–H and O–H groups in total. The van der Waals surface area contributed by atoms with Gasteiger partial charge in [-0.25, -0.2) is 0 Å². The molecule has 1 atom stereocenters. The van der Waals surface area contributed by atoms with Crippen LogP contribution in [0, 0.1) is 11.3 Å². The molecule has 1 unspecified atom stereocenters. The lowest BCUT2D eigenvalue weighted by molar-refractivity contribution is -0.144. The second-order valence-electron chi connectivity index (χ2n) is 4.56. The fourth-order valence-electron chi connectivity index (χ4n) is 1.95. The number of benzene rings is 1. The summed E-state index contributed by atoms with van der Waals surface area (Å²) in [5.74, 6) is -0.0982. The van der Waals surface area contributed by atoms with Crippen molar-refractivity contribution >= 4 is 5.91 Å². The van der Waals surface area contributed by atoms with Crippen molar-refractivity contribution in [3.8, 4) is 6.07 Å². The molecule has 1 rings (SSSR count). The van der Waals surface area contributed by atoms with E-state index in [0.717, 1.165) is 5.56 Å². The zero-order valence-corrected chi connectivity index (χ0v) is 11.7. The molecule has 0 saturated heterocycles. The van der Waals surface area contributed by atoms with Crippen LogP contribution in [0.1, 0.15) is 31.9 Å². The predicted octanol–water partition coefficient (Wildman–Crippen LogP) is 2.52. The van der Waals surface area contributed by atoms with Gasteiger partial charge in [0.25, 0.3) is 5.91 Å². The smallest absolute Gasteiger partial charge is 0.256 e. The highest BCUT2D eigenvalue weighted by Crippen LogP contribution is 2.20. The molecule has 0 spiro atoms. The summed E-state index contributed by atoms with van der Waals surface area (Å²) in [6.45, 7) is 4.31. The zero-order chi connectivity index (χ0) is 14.3. The van der Waals surface area contributed by atoms with Crippen LogP contribution in [0.3, 0.4) is 0 Å². The van der Waals surface area contributed by atoms with Gasteiger partial charge in [-0.2, -0.15) is 5.26 Å². The first kappa shape index (κ1) is 15.2. The van der Waals surface area contributed by atoms with E-state index in [4.69, 9.17) is 10.00 Å². The first-order valence-electron chi connectivity index (χ1n) is 6.37. The summed E-state index contributed by atoms with van der Waals surface area (Å²) >= 11 is 0. The minimum atomic E-state index is -0.609. The fourth-order valence-corrected chi connectivity index (χ4v) is 1.95. The quantitative estimate of drug-likeness (QED) is 0.789. The molecule has 0 fully saturated rings. The summed E-state index contributed by atoms with van der Waals surface area (Å²) < 4.78 is 5.34. The maximum Gasteiger partial charge on any atom is 0.256 e. The molecule has 0 aliphatic rings. The van der Waals surface area contributed by atoms with E-state index in [9.17, 15) is 4.79 Å². The number of nitriles is 1. The van der Waals surface area contributed by atoms with Gasteiger partial charge in [0.2, 0.25) is 0 Å².